The van der Waals surface area contributed by atoms with E-state index in [0.29, 0.717) is 32.6 Å². The Morgan fingerprint density at radius 1 is 1.22 bits per heavy atom. The minimum Gasteiger partial charge on any atom is -0.497 e. The fourth-order valence-corrected chi connectivity index (χ4v) is 3.25. The number of quaternary nitrogens is 1. The third-order valence-electron chi connectivity index (χ3n) is 4.65. The molecule has 23 heavy (non-hydrogen) atoms. The molecule has 1 atom stereocenters. The summed E-state index contributed by atoms with van der Waals surface area (Å²) in [4.78, 5) is 27.4. The molecule has 0 radical (unpaired) electrons. The van der Waals surface area contributed by atoms with Crippen molar-refractivity contribution in [3.63, 3.8) is 0 Å². The summed E-state index contributed by atoms with van der Waals surface area (Å²) < 4.78 is 10.5. The van der Waals surface area contributed by atoms with Crippen LogP contribution in [0.5, 0.6) is 5.75 Å². The first-order valence-corrected chi connectivity index (χ1v) is 8.08. The molecule has 3 rings (SSSR count). The third-order valence-corrected chi connectivity index (χ3v) is 4.65. The monoisotopic (exact) mass is 319 g/mol. The van der Waals surface area contributed by atoms with E-state index in [1.165, 1.54) is 9.80 Å². The van der Waals surface area contributed by atoms with Crippen LogP contribution < -0.4 is 9.64 Å². The molecule has 2 saturated heterocycles. The molecule has 2 amide bonds. The second-order valence-corrected chi connectivity index (χ2v) is 6.01. The molecule has 6 heteroatoms. The SMILES string of the molecule is COc1ccc(CCN2C(=O)C[C@@H]([NH+]3CCOCC3)C2=O)cc1. The fourth-order valence-electron chi connectivity index (χ4n) is 3.25. The predicted octanol–water partition coefficient (Wildman–Crippen LogP) is -0.720. The number of nitrogens with zero attached hydrogens (tertiary/aromatic N) is 1. The van der Waals surface area contributed by atoms with Crippen LogP contribution in [0.25, 0.3) is 0 Å². The Kier molecular flexibility index (Phi) is 4.93. The molecule has 2 aliphatic rings. The molecular formula is C17H23N2O4+. The number of hydrogen-bond acceptors (Lipinski definition) is 4. The van der Waals surface area contributed by atoms with E-state index in [0.717, 1.165) is 24.4 Å². The minimum absolute atomic E-state index is 0.0274. The van der Waals surface area contributed by atoms with Gasteiger partial charge in [0.05, 0.1) is 26.7 Å². The maximum absolute atomic E-state index is 12.6. The molecule has 0 unspecified atom stereocenters. The standard InChI is InChI=1S/C17H22N2O4/c1-22-14-4-2-13(3-5-14)6-7-19-16(20)12-15(17(19)21)18-8-10-23-11-9-18/h2-5,15H,6-12H2,1H3/p+1/t15-/m1/s1. The number of hydrogen-bond donors (Lipinski definition) is 1. The number of likely N-dealkylation sites (tertiary alicyclic amines) is 1. The van der Waals surface area contributed by atoms with Gasteiger partial charge in [0, 0.05) is 6.54 Å². The largest absolute Gasteiger partial charge is 0.497 e. The van der Waals surface area contributed by atoms with E-state index in [1.54, 1.807) is 7.11 Å². The lowest BCUT2D eigenvalue weighted by molar-refractivity contribution is -0.922. The molecule has 1 aromatic rings. The first-order chi connectivity index (χ1) is 11.2. The number of imide groups is 1. The Morgan fingerprint density at radius 2 is 1.91 bits per heavy atom. The summed E-state index contributed by atoms with van der Waals surface area (Å²) in [6, 6.07) is 7.50. The summed E-state index contributed by atoms with van der Waals surface area (Å²) in [7, 11) is 1.63. The topological polar surface area (TPSA) is 60.3 Å². The number of carbonyl (C=O) groups is 2. The van der Waals surface area contributed by atoms with E-state index in [4.69, 9.17) is 9.47 Å². The smallest absolute Gasteiger partial charge is 0.288 e. The second-order valence-electron chi connectivity index (χ2n) is 6.01. The van der Waals surface area contributed by atoms with Crippen molar-refractivity contribution in [3.05, 3.63) is 29.8 Å². The van der Waals surface area contributed by atoms with Gasteiger partial charge < -0.3 is 14.4 Å². The average molecular weight is 319 g/mol. The van der Waals surface area contributed by atoms with Gasteiger partial charge in [0.1, 0.15) is 18.8 Å². The zero-order chi connectivity index (χ0) is 16.2. The molecule has 0 aromatic heterocycles. The molecule has 0 spiro atoms. The van der Waals surface area contributed by atoms with Crippen LogP contribution in [0.15, 0.2) is 24.3 Å². The van der Waals surface area contributed by atoms with E-state index in [1.807, 2.05) is 24.3 Å². The second kappa shape index (κ2) is 7.10. The van der Waals surface area contributed by atoms with Crippen molar-refractivity contribution >= 4 is 11.8 Å². The van der Waals surface area contributed by atoms with Gasteiger partial charge in [-0.15, -0.1) is 0 Å². The van der Waals surface area contributed by atoms with Crippen LogP contribution in [-0.4, -0.2) is 62.7 Å². The molecule has 2 fully saturated rings. The first-order valence-electron chi connectivity index (χ1n) is 8.08. The predicted molar refractivity (Wildman–Crippen MR) is 83.3 cm³/mol. The highest BCUT2D eigenvalue weighted by atomic mass is 16.5. The van der Waals surface area contributed by atoms with Gasteiger partial charge in [0.2, 0.25) is 5.91 Å². The van der Waals surface area contributed by atoms with Crippen molar-refractivity contribution in [1.82, 2.24) is 4.90 Å². The van der Waals surface area contributed by atoms with Gasteiger partial charge in [-0.25, -0.2) is 0 Å². The normalized spacial score (nSPS) is 22.7. The number of carbonyl (C=O) groups excluding carboxylic acids is 2. The van der Waals surface area contributed by atoms with Gasteiger partial charge in [0.25, 0.3) is 5.91 Å². The highest BCUT2D eigenvalue weighted by Gasteiger charge is 2.44. The van der Waals surface area contributed by atoms with Crippen molar-refractivity contribution in [2.75, 3.05) is 40.0 Å². The summed E-state index contributed by atoms with van der Waals surface area (Å²) >= 11 is 0. The summed E-state index contributed by atoms with van der Waals surface area (Å²) in [6.07, 6.45) is 1.00. The number of nitrogens with one attached hydrogen (secondary N) is 1. The van der Waals surface area contributed by atoms with Gasteiger partial charge in [-0.05, 0) is 24.1 Å². The minimum atomic E-state index is -0.220. The molecule has 0 saturated carbocycles. The van der Waals surface area contributed by atoms with Crippen LogP contribution in [0.3, 0.4) is 0 Å². The summed E-state index contributed by atoms with van der Waals surface area (Å²) in [5.41, 5.74) is 1.09. The van der Waals surface area contributed by atoms with Gasteiger partial charge >= 0.3 is 0 Å². The van der Waals surface area contributed by atoms with Crippen molar-refractivity contribution in [3.8, 4) is 5.75 Å². The highest BCUT2D eigenvalue weighted by molar-refractivity contribution is 6.04. The zero-order valence-corrected chi connectivity index (χ0v) is 13.4. The highest BCUT2D eigenvalue weighted by Crippen LogP contribution is 2.15. The fraction of sp³-hybridized carbons (Fsp3) is 0.529. The number of rotatable bonds is 5. The van der Waals surface area contributed by atoms with Crippen LogP contribution >= 0.6 is 0 Å². The molecule has 0 bridgehead atoms. The molecule has 1 aromatic carbocycles. The van der Waals surface area contributed by atoms with Gasteiger partial charge in [-0.1, -0.05) is 12.1 Å². The number of morpholine rings is 1. The Hall–Kier alpha value is -1.92. The van der Waals surface area contributed by atoms with E-state index in [9.17, 15) is 9.59 Å². The molecule has 1 N–H and O–H groups in total. The average Bonchev–Trinajstić information content (AvgIpc) is 2.88. The molecular weight excluding hydrogens is 296 g/mol. The van der Waals surface area contributed by atoms with E-state index in [-0.39, 0.29) is 17.9 Å². The number of benzene rings is 1. The quantitative estimate of drug-likeness (QED) is 0.728. The van der Waals surface area contributed by atoms with Crippen LogP contribution in [0.4, 0.5) is 0 Å². The Bertz CT molecular complexity index is 566. The lowest BCUT2D eigenvalue weighted by Gasteiger charge is -2.27. The summed E-state index contributed by atoms with van der Waals surface area (Å²) in [5.74, 6) is 0.728. The van der Waals surface area contributed by atoms with E-state index < -0.39 is 0 Å². The van der Waals surface area contributed by atoms with Crippen LogP contribution in [0, 0.1) is 0 Å². The lowest BCUT2D eigenvalue weighted by atomic mass is 10.1. The van der Waals surface area contributed by atoms with E-state index in [2.05, 4.69) is 0 Å². The van der Waals surface area contributed by atoms with Gasteiger partial charge in [-0.2, -0.15) is 0 Å². The maximum atomic E-state index is 12.6. The molecule has 0 aliphatic carbocycles. The van der Waals surface area contributed by atoms with E-state index >= 15 is 0 Å². The maximum Gasteiger partial charge on any atom is 0.288 e. The molecule has 124 valence electrons. The van der Waals surface area contributed by atoms with Crippen LogP contribution in [0.2, 0.25) is 0 Å². The molecule has 6 nitrogen and oxygen atoms in total. The molecule has 2 heterocycles. The number of methoxy groups -OCH3 is 1. The number of amides is 2. The molecule has 2 aliphatic heterocycles. The van der Waals surface area contributed by atoms with Crippen LogP contribution in [-0.2, 0) is 20.7 Å². The lowest BCUT2D eigenvalue weighted by Crippen LogP contribution is -3.18. The Morgan fingerprint density at radius 3 is 2.57 bits per heavy atom. The van der Waals surface area contributed by atoms with Gasteiger partial charge in [0.15, 0.2) is 6.04 Å². The summed E-state index contributed by atoms with van der Waals surface area (Å²) in [6.45, 7) is 3.38. The summed E-state index contributed by atoms with van der Waals surface area (Å²) in [5, 5.41) is 0. The van der Waals surface area contributed by atoms with Crippen molar-refractivity contribution < 1.29 is 24.0 Å². The Balaban J connectivity index is 1.58. The van der Waals surface area contributed by atoms with Gasteiger partial charge in [-0.3, -0.25) is 14.5 Å². The number of ether oxygens (including phenoxy) is 2. The van der Waals surface area contributed by atoms with Crippen molar-refractivity contribution in [2.45, 2.75) is 18.9 Å². The van der Waals surface area contributed by atoms with Crippen molar-refractivity contribution in [1.29, 1.82) is 0 Å². The Labute approximate surface area is 136 Å². The third kappa shape index (κ3) is 3.54. The zero-order valence-electron chi connectivity index (χ0n) is 13.4. The van der Waals surface area contributed by atoms with Crippen LogP contribution in [0.1, 0.15) is 12.0 Å². The van der Waals surface area contributed by atoms with Crippen molar-refractivity contribution in [2.24, 2.45) is 0 Å². The first kappa shape index (κ1) is 16.0.